The highest BCUT2D eigenvalue weighted by Crippen LogP contribution is 2.26. The lowest BCUT2D eigenvalue weighted by atomic mass is 10.0. The number of benzene rings is 5. The van der Waals surface area contributed by atoms with E-state index in [2.05, 4.69) is 170 Å². The molecule has 5 aromatic carbocycles. The molecule has 5 aromatic heterocycles. The summed E-state index contributed by atoms with van der Waals surface area (Å²) in [4.78, 5) is 0. The summed E-state index contributed by atoms with van der Waals surface area (Å²) < 4.78 is 99.7. The monoisotopic (exact) mass is 1070 g/mol. The van der Waals surface area contributed by atoms with E-state index in [4.69, 9.17) is 16.4 Å². The number of hydrogen-bond donors (Lipinski definition) is 0. The van der Waals surface area contributed by atoms with Gasteiger partial charge in [0.1, 0.15) is 35.2 Å². The Morgan fingerprint density at radius 3 is 1.02 bits per heavy atom. The van der Waals surface area contributed by atoms with Gasteiger partial charge in [-0.2, -0.15) is 4.57 Å². The van der Waals surface area contributed by atoms with E-state index >= 15 is 0 Å². The Balaban J connectivity index is 0.000000183. The lowest BCUT2D eigenvalue weighted by molar-refractivity contribution is -0.666. The third-order valence-corrected chi connectivity index (χ3v) is 14.2. The largest absolute Gasteiger partial charge is 0.212 e. The van der Waals surface area contributed by atoms with Gasteiger partial charge in [0.2, 0.25) is 28.5 Å². The fourth-order valence-electron chi connectivity index (χ4n) is 9.82. The van der Waals surface area contributed by atoms with Crippen molar-refractivity contribution in [3.63, 3.8) is 0 Å². The number of rotatable bonds is 5. The Labute approximate surface area is 498 Å². The molecule has 0 aliphatic carbocycles. The number of aromatic nitrogens is 5. The van der Waals surface area contributed by atoms with Crippen LogP contribution in [0.1, 0.15) is 100 Å². The van der Waals surface area contributed by atoms with E-state index in [-0.39, 0.29) is 5.56 Å². The first kappa shape index (κ1) is 45.7. The number of pyridine rings is 5. The molecule has 0 aliphatic heterocycles. The van der Waals surface area contributed by atoms with Gasteiger partial charge < -0.3 is 0 Å². The molecule has 5 heteroatoms. The van der Waals surface area contributed by atoms with Gasteiger partial charge in [-0.25, -0.2) is 18.3 Å². The van der Waals surface area contributed by atoms with E-state index in [1.165, 1.54) is 67.0 Å². The van der Waals surface area contributed by atoms with Crippen molar-refractivity contribution >= 4 is 0 Å². The van der Waals surface area contributed by atoms with E-state index in [9.17, 15) is 0 Å². The summed E-state index contributed by atoms with van der Waals surface area (Å²) in [5.41, 5.74) is 25.5. The number of aryl methyl sites for hydroxylation is 19. The third kappa shape index (κ3) is 16.2. The summed E-state index contributed by atoms with van der Waals surface area (Å²) in [5, 5.41) is 0. The van der Waals surface area contributed by atoms with Gasteiger partial charge in [-0.3, -0.25) is 0 Å². The maximum absolute atomic E-state index is 7.64. The van der Waals surface area contributed by atoms with Crippen LogP contribution >= 0.6 is 0 Å². The van der Waals surface area contributed by atoms with Gasteiger partial charge in [-0.05, 0) is 185 Å². The first-order valence-corrected chi connectivity index (χ1v) is 27.1. The summed E-state index contributed by atoms with van der Waals surface area (Å²) in [5.74, 6) is 0. The molecule has 80 heavy (non-hydrogen) atoms. The minimum atomic E-state index is -2.14. The second kappa shape index (κ2) is 27.6. The summed E-state index contributed by atoms with van der Waals surface area (Å²) in [6, 6.07) is 51.9. The van der Waals surface area contributed by atoms with Gasteiger partial charge >= 0.3 is 0 Å². The molecule has 0 spiro atoms. The molecule has 10 aromatic rings. The van der Waals surface area contributed by atoms with Crippen LogP contribution in [0.4, 0.5) is 0 Å². The molecule has 0 radical (unpaired) electrons. The van der Waals surface area contributed by atoms with E-state index in [1.54, 1.807) is 71.0 Å². The molecule has 5 heterocycles. The van der Waals surface area contributed by atoms with Gasteiger partial charge in [0.15, 0.2) is 30.5 Å². The summed E-state index contributed by atoms with van der Waals surface area (Å²) >= 11 is 0. The molecular weight excluding hydrogens is 971 g/mol. The van der Waals surface area contributed by atoms with Crippen LogP contribution in [0.2, 0.25) is 0 Å². The standard InChI is InChI=1S/5C15H18N/c2*1-11-5-7-14(13(3)9-11)15-8-6-12(2)10-16(15)4;2*1-11-5-7-13(3)14(9-11)15-8-6-12(2)10-16(15)4;1-11-9-13(3)16(4)15(10-11)14-8-6-5-7-12(14)2/h5*5-10H,1-4H3/q5*+1/i1D3,2D3;;2D3;;3D3. The first-order valence-electron chi connectivity index (χ1n) is 33.1. The van der Waals surface area contributed by atoms with Gasteiger partial charge in [0, 0.05) is 110 Å². The fourth-order valence-corrected chi connectivity index (χ4v) is 9.82. The molecule has 0 unspecified atom stereocenters. The highest BCUT2D eigenvalue weighted by atomic mass is 14.9. The lowest BCUT2D eigenvalue weighted by Gasteiger charge is -2.06. The fraction of sp³-hybridized carbons (Fsp3) is 0.267. The van der Waals surface area contributed by atoms with Gasteiger partial charge in [-0.1, -0.05) is 89.0 Å². The maximum atomic E-state index is 7.64. The Morgan fingerprint density at radius 1 is 0.250 bits per heavy atom. The smallest absolute Gasteiger partial charge is 0.201 e. The van der Waals surface area contributed by atoms with Crippen LogP contribution in [0.15, 0.2) is 183 Å². The SMILES string of the molecule is Cc1ccc(-c2ccc(C)c[n+]2C)c(C)c1.Cc1ccc(C)c(-c2ccc(C)c[n+]2C)c1.[2H]C([2H])([2H])c1cc(C)cc(-c2ccccc2C)[n+]1C.[2H]C([2H])([2H])c1ccc(-c2cc(C)ccc2C)[n+](C)c1.[2H]C([2H])([2H])c1ccc(-c2ccc(C([2H])([2H])[2H])c[n+]2C)c(C)c1. The highest BCUT2D eigenvalue weighted by Gasteiger charge is 2.17. The molecule has 0 aliphatic rings. The summed E-state index contributed by atoms with van der Waals surface area (Å²) in [6.07, 6.45) is 7.59. The van der Waals surface area contributed by atoms with Gasteiger partial charge in [-0.15, -0.1) is 0 Å². The van der Waals surface area contributed by atoms with Gasteiger partial charge in [0.25, 0.3) is 0 Å². The molecule has 0 amide bonds. The lowest BCUT2D eigenvalue weighted by Crippen LogP contribution is -2.34. The van der Waals surface area contributed by atoms with Crippen LogP contribution in [0.3, 0.4) is 0 Å². The van der Waals surface area contributed by atoms with Crippen molar-refractivity contribution in [3.8, 4) is 56.3 Å². The molecule has 5 nitrogen and oxygen atoms in total. The zero-order chi connectivity index (χ0) is 68.5. The zero-order valence-electron chi connectivity index (χ0n) is 62.1. The van der Waals surface area contributed by atoms with Crippen LogP contribution in [0.5, 0.6) is 0 Å². The summed E-state index contributed by atoms with van der Waals surface area (Å²) in [7, 11) is 9.67. The van der Waals surface area contributed by atoms with E-state index in [0.29, 0.717) is 16.8 Å². The minimum absolute atomic E-state index is 0.274. The molecular formula is C75H90N5+5. The Morgan fingerprint density at radius 2 is 0.600 bits per heavy atom. The Kier molecular flexibility index (Phi) is 15.8. The van der Waals surface area contributed by atoms with Crippen molar-refractivity contribution < 1.29 is 39.3 Å². The first-order chi connectivity index (χ1) is 42.7. The minimum Gasteiger partial charge on any atom is -0.201 e. The molecule has 0 atom stereocenters. The molecule has 410 valence electrons. The topological polar surface area (TPSA) is 19.4 Å². The zero-order valence-corrected chi connectivity index (χ0v) is 50.1. The predicted molar refractivity (Wildman–Crippen MR) is 336 cm³/mol. The Hall–Kier alpha value is -8.15. The second-order valence-electron chi connectivity index (χ2n) is 21.4. The van der Waals surface area contributed by atoms with E-state index < -0.39 is 27.4 Å². The molecule has 0 fully saturated rings. The van der Waals surface area contributed by atoms with Crippen LogP contribution in [-0.4, -0.2) is 0 Å². The van der Waals surface area contributed by atoms with Crippen molar-refractivity contribution in [3.05, 3.63) is 266 Å². The van der Waals surface area contributed by atoms with Crippen molar-refractivity contribution in [2.75, 3.05) is 0 Å². The number of nitrogens with zero attached hydrogens (tertiary/aromatic N) is 5. The second-order valence-corrected chi connectivity index (χ2v) is 21.4. The van der Waals surface area contributed by atoms with Crippen LogP contribution in [-0.2, 0) is 35.2 Å². The van der Waals surface area contributed by atoms with Crippen LogP contribution in [0.25, 0.3) is 56.3 Å². The molecule has 0 saturated heterocycles. The Bertz CT molecular complexity index is 4140. The number of hydrogen-bond acceptors (Lipinski definition) is 0. The predicted octanol–water partition coefficient (Wildman–Crippen LogP) is 15.5. The summed E-state index contributed by atoms with van der Waals surface area (Å²) in [6.45, 7) is 14.3. The van der Waals surface area contributed by atoms with Crippen molar-refractivity contribution in [1.82, 2.24) is 0 Å². The van der Waals surface area contributed by atoms with Gasteiger partial charge in [0.05, 0.1) is 0 Å². The average Bonchev–Trinajstić information content (AvgIpc) is 0.841. The molecule has 0 N–H and O–H groups in total. The highest BCUT2D eigenvalue weighted by molar-refractivity contribution is 5.65. The molecule has 0 saturated carbocycles. The molecule has 10 rings (SSSR count). The van der Waals surface area contributed by atoms with Crippen LogP contribution < -0.4 is 22.8 Å². The quantitative estimate of drug-likeness (QED) is 0.153. The third-order valence-electron chi connectivity index (χ3n) is 14.2. The van der Waals surface area contributed by atoms with E-state index in [0.717, 1.165) is 50.5 Å². The van der Waals surface area contributed by atoms with Crippen molar-refractivity contribution in [1.29, 1.82) is 0 Å². The molecule has 0 bridgehead atoms. The normalized spacial score (nSPS) is 13.3. The van der Waals surface area contributed by atoms with E-state index in [1.807, 2.05) is 75.8 Å². The van der Waals surface area contributed by atoms with Crippen molar-refractivity contribution in [2.45, 2.75) is 104 Å². The van der Waals surface area contributed by atoms with Crippen molar-refractivity contribution in [2.24, 2.45) is 35.2 Å². The maximum Gasteiger partial charge on any atom is 0.212 e. The van der Waals surface area contributed by atoms with Crippen LogP contribution in [0, 0.1) is 104 Å². The average molecular weight is 1070 g/mol.